The molecule has 3 aromatic rings. The lowest BCUT2D eigenvalue weighted by Crippen LogP contribution is -2.42. The highest BCUT2D eigenvalue weighted by atomic mass is 19.1. The molecule has 3 N–H and O–H groups in total. The van der Waals surface area contributed by atoms with Crippen molar-refractivity contribution in [3.8, 4) is 11.4 Å². The second-order valence-corrected chi connectivity index (χ2v) is 6.78. The number of carbonyl (C=O) groups excluding carboxylic acids is 1. The van der Waals surface area contributed by atoms with Crippen molar-refractivity contribution in [1.82, 2.24) is 25.1 Å². The lowest BCUT2D eigenvalue weighted by molar-refractivity contribution is 0.0995. The Hall–Kier alpha value is -3.49. The van der Waals surface area contributed by atoms with Crippen LogP contribution in [0.1, 0.15) is 35.4 Å². The smallest absolute Gasteiger partial charge is 0.267 e. The lowest BCUT2D eigenvalue weighted by Gasteiger charge is -2.41. The van der Waals surface area contributed by atoms with Crippen LogP contribution in [0.4, 0.5) is 10.2 Å². The van der Waals surface area contributed by atoms with Gasteiger partial charge in [-0.1, -0.05) is 6.42 Å². The van der Waals surface area contributed by atoms with Crippen LogP contribution in [0, 0.1) is 5.82 Å². The van der Waals surface area contributed by atoms with Gasteiger partial charge in [-0.2, -0.15) is 0 Å². The number of primary amides is 1. The van der Waals surface area contributed by atoms with Gasteiger partial charge >= 0.3 is 0 Å². The highest BCUT2D eigenvalue weighted by molar-refractivity contribution is 5.91. The van der Waals surface area contributed by atoms with Crippen LogP contribution >= 0.6 is 0 Å². The van der Waals surface area contributed by atoms with Crippen LogP contribution in [0.15, 0.2) is 42.9 Å². The summed E-state index contributed by atoms with van der Waals surface area (Å²) in [5.74, 6) is -0.350. The van der Waals surface area contributed by atoms with Gasteiger partial charge in [0.05, 0.1) is 11.4 Å². The third-order valence-corrected chi connectivity index (χ3v) is 5.03. The Balaban J connectivity index is 1.49. The number of rotatable bonds is 6. The first-order chi connectivity index (χ1) is 13.6. The molecule has 1 saturated carbocycles. The topological polar surface area (TPSA) is 120 Å². The summed E-state index contributed by atoms with van der Waals surface area (Å²) in [5.41, 5.74) is 6.46. The molecule has 0 aliphatic heterocycles. The molecule has 0 saturated heterocycles. The molecule has 9 heteroatoms. The maximum absolute atomic E-state index is 14.2. The van der Waals surface area contributed by atoms with Gasteiger partial charge in [-0.3, -0.25) is 9.78 Å². The van der Waals surface area contributed by atoms with E-state index in [9.17, 15) is 9.18 Å². The largest absolute Gasteiger partial charge is 0.368 e. The van der Waals surface area contributed by atoms with E-state index in [0.29, 0.717) is 29.4 Å². The number of hydrogen-bond donors (Lipinski definition) is 2. The van der Waals surface area contributed by atoms with Gasteiger partial charge in [0, 0.05) is 18.2 Å². The molecular weight excluding hydrogens is 361 g/mol. The quantitative estimate of drug-likeness (QED) is 0.673. The van der Waals surface area contributed by atoms with E-state index in [0.717, 1.165) is 19.3 Å². The number of carbonyl (C=O) groups is 1. The van der Waals surface area contributed by atoms with E-state index >= 15 is 0 Å². The maximum Gasteiger partial charge on any atom is 0.267 e. The Morgan fingerprint density at radius 2 is 2.00 bits per heavy atom. The first-order valence-electron chi connectivity index (χ1n) is 8.88. The Morgan fingerprint density at radius 1 is 1.14 bits per heavy atom. The maximum atomic E-state index is 14.2. The Morgan fingerprint density at radius 3 is 2.64 bits per heavy atom. The molecular formula is C19H18FN7O. The SMILES string of the molecule is NC(=O)c1cc(-c2ccc(NCC3(c4ncccc4F)CCC3)nn2)ncn1. The average molecular weight is 379 g/mol. The first kappa shape index (κ1) is 17.9. The molecule has 1 fully saturated rings. The van der Waals surface area contributed by atoms with E-state index < -0.39 is 5.91 Å². The van der Waals surface area contributed by atoms with Crippen LogP contribution in [0.2, 0.25) is 0 Å². The van der Waals surface area contributed by atoms with Gasteiger partial charge < -0.3 is 11.1 Å². The molecule has 142 valence electrons. The van der Waals surface area contributed by atoms with Crippen LogP contribution < -0.4 is 11.1 Å². The van der Waals surface area contributed by atoms with Crippen molar-refractivity contribution in [1.29, 1.82) is 0 Å². The zero-order valence-corrected chi connectivity index (χ0v) is 15.0. The van der Waals surface area contributed by atoms with Crippen LogP contribution in [-0.4, -0.2) is 37.6 Å². The van der Waals surface area contributed by atoms with Crippen molar-refractivity contribution < 1.29 is 9.18 Å². The molecule has 0 unspecified atom stereocenters. The van der Waals surface area contributed by atoms with E-state index in [4.69, 9.17) is 5.73 Å². The summed E-state index contributed by atoms with van der Waals surface area (Å²) in [6.07, 6.45) is 5.66. The molecule has 8 nitrogen and oxygen atoms in total. The molecule has 4 rings (SSSR count). The minimum absolute atomic E-state index is 0.110. The summed E-state index contributed by atoms with van der Waals surface area (Å²) in [7, 11) is 0. The summed E-state index contributed by atoms with van der Waals surface area (Å²) in [4.78, 5) is 23.4. The number of hydrogen-bond acceptors (Lipinski definition) is 7. The second-order valence-electron chi connectivity index (χ2n) is 6.78. The normalized spacial score (nSPS) is 14.9. The van der Waals surface area contributed by atoms with Crippen LogP contribution in [0.3, 0.4) is 0 Å². The van der Waals surface area contributed by atoms with Gasteiger partial charge in [-0.25, -0.2) is 14.4 Å². The fourth-order valence-corrected chi connectivity index (χ4v) is 3.33. The zero-order valence-electron chi connectivity index (χ0n) is 15.0. The zero-order chi connectivity index (χ0) is 19.6. The molecule has 28 heavy (non-hydrogen) atoms. The van der Waals surface area contributed by atoms with Gasteiger partial charge in [0.15, 0.2) is 0 Å². The number of nitrogens with one attached hydrogen (secondary N) is 1. The molecule has 0 aromatic carbocycles. The second kappa shape index (κ2) is 7.26. The number of aromatic nitrogens is 5. The van der Waals surface area contributed by atoms with E-state index in [1.54, 1.807) is 24.4 Å². The van der Waals surface area contributed by atoms with Crippen LogP contribution in [0.5, 0.6) is 0 Å². The van der Waals surface area contributed by atoms with Crippen molar-refractivity contribution in [3.63, 3.8) is 0 Å². The number of amides is 1. The Bertz CT molecular complexity index is 1010. The fourth-order valence-electron chi connectivity index (χ4n) is 3.33. The van der Waals surface area contributed by atoms with Crippen LogP contribution in [-0.2, 0) is 5.41 Å². The Labute approximate surface area is 160 Å². The predicted molar refractivity (Wildman–Crippen MR) is 99.8 cm³/mol. The molecule has 3 aromatic heterocycles. The lowest BCUT2D eigenvalue weighted by atomic mass is 9.66. The van der Waals surface area contributed by atoms with Crippen molar-refractivity contribution >= 4 is 11.7 Å². The van der Waals surface area contributed by atoms with Crippen molar-refractivity contribution in [2.45, 2.75) is 24.7 Å². The molecule has 1 aliphatic rings. The molecule has 0 radical (unpaired) electrons. The monoisotopic (exact) mass is 379 g/mol. The average Bonchev–Trinajstić information content (AvgIpc) is 2.69. The van der Waals surface area contributed by atoms with Gasteiger partial charge in [0.1, 0.15) is 29.4 Å². The van der Waals surface area contributed by atoms with Gasteiger partial charge in [0.2, 0.25) is 0 Å². The summed E-state index contributed by atoms with van der Waals surface area (Å²) in [6.45, 7) is 0.522. The first-order valence-corrected chi connectivity index (χ1v) is 8.88. The fraction of sp³-hybridized carbons (Fsp3) is 0.263. The number of halogens is 1. The molecule has 0 bridgehead atoms. The molecule has 0 spiro atoms. The van der Waals surface area contributed by atoms with Gasteiger partial charge in [0.25, 0.3) is 5.91 Å². The number of nitrogens with two attached hydrogens (primary N) is 1. The number of nitrogens with zero attached hydrogens (tertiary/aromatic N) is 5. The summed E-state index contributed by atoms with van der Waals surface area (Å²) < 4.78 is 14.2. The molecule has 1 aliphatic carbocycles. The minimum Gasteiger partial charge on any atom is -0.368 e. The van der Waals surface area contributed by atoms with Gasteiger partial charge in [-0.05, 0) is 43.2 Å². The third kappa shape index (κ3) is 3.38. The molecule has 1 amide bonds. The van der Waals surface area contributed by atoms with Gasteiger partial charge in [-0.15, -0.1) is 10.2 Å². The highest BCUT2D eigenvalue weighted by Crippen LogP contribution is 2.43. The van der Waals surface area contributed by atoms with Crippen LogP contribution in [0.25, 0.3) is 11.4 Å². The van der Waals surface area contributed by atoms with E-state index in [-0.39, 0.29) is 16.9 Å². The summed E-state index contributed by atoms with van der Waals surface area (Å²) in [6, 6.07) is 8.00. The van der Waals surface area contributed by atoms with Crippen molar-refractivity contribution in [2.75, 3.05) is 11.9 Å². The number of anilines is 1. The predicted octanol–water partition coefficient (Wildman–Crippen LogP) is 2.10. The Kier molecular flexibility index (Phi) is 4.64. The van der Waals surface area contributed by atoms with E-state index in [1.165, 1.54) is 18.5 Å². The van der Waals surface area contributed by atoms with E-state index in [2.05, 4.69) is 30.5 Å². The van der Waals surface area contributed by atoms with E-state index in [1.807, 2.05) is 0 Å². The van der Waals surface area contributed by atoms with Crippen molar-refractivity contribution in [3.05, 3.63) is 60.1 Å². The summed E-state index contributed by atoms with van der Waals surface area (Å²) in [5, 5.41) is 11.5. The molecule has 0 atom stereocenters. The third-order valence-electron chi connectivity index (χ3n) is 5.03. The highest BCUT2D eigenvalue weighted by Gasteiger charge is 2.41. The number of pyridine rings is 1. The molecule has 3 heterocycles. The minimum atomic E-state index is -0.637. The standard InChI is InChI=1S/C19H18FN7O/c20-12-3-1-8-22-17(12)19(6-2-7-19)10-23-16-5-4-13(26-27-16)14-9-15(18(21)28)25-11-24-14/h1,3-5,8-9,11H,2,6-7,10H2,(H2,21,28)(H,23,27). The van der Waals surface area contributed by atoms with Crippen molar-refractivity contribution in [2.24, 2.45) is 5.73 Å². The summed E-state index contributed by atoms with van der Waals surface area (Å²) >= 11 is 0.